The van der Waals surface area contributed by atoms with Crippen molar-refractivity contribution in [2.45, 2.75) is 45.9 Å². The van der Waals surface area contributed by atoms with Crippen molar-refractivity contribution >= 4 is 36.0 Å². The van der Waals surface area contributed by atoms with Crippen molar-refractivity contribution in [1.29, 1.82) is 0 Å². The molecule has 2 rings (SSSR count). The van der Waals surface area contributed by atoms with E-state index >= 15 is 0 Å². The summed E-state index contributed by atoms with van der Waals surface area (Å²) in [4.78, 5) is 22.7. The molecule has 1 amide bonds. The molecule has 0 bridgehead atoms. The van der Waals surface area contributed by atoms with E-state index in [0.717, 1.165) is 17.7 Å². The van der Waals surface area contributed by atoms with Gasteiger partial charge in [0.2, 0.25) is 0 Å². The summed E-state index contributed by atoms with van der Waals surface area (Å²) in [6, 6.07) is 5.77. The van der Waals surface area contributed by atoms with Crippen LogP contribution >= 0.6 is 24.0 Å². The van der Waals surface area contributed by atoms with Gasteiger partial charge in [0.15, 0.2) is 5.96 Å². The molecule has 10 heteroatoms. The number of hydrogen-bond acceptors (Lipinski definition) is 5. The molecule has 0 aliphatic rings. The van der Waals surface area contributed by atoms with Crippen LogP contribution in [0, 0.1) is 0 Å². The number of amides is 1. The number of halogens is 1. The van der Waals surface area contributed by atoms with Crippen LogP contribution in [0.5, 0.6) is 0 Å². The van der Waals surface area contributed by atoms with Crippen molar-refractivity contribution in [1.82, 2.24) is 30.3 Å². The Morgan fingerprint density at radius 2 is 2.03 bits per heavy atom. The molecule has 0 spiro atoms. The molecule has 0 unspecified atom stereocenters. The Kier molecular flexibility index (Phi) is 11.3. The summed E-state index contributed by atoms with van der Waals surface area (Å²) in [6.45, 7) is 7.90. The SMILES string of the molecule is CN=C(NCCCN(Cc1cccnc1)C(=O)OC(C)(C)C)NCc1ccnn1C.I. The minimum absolute atomic E-state index is 0. The van der Waals surface area contributed by atoms with Crippen molar-refractivity contribution in [2.75, 3.05) is 20.1 Å². The summed E-state index contributed by atoms with van der Waals surface area (Å²) in [6.07, 6.45) is 5.66. The van der Waals surface area contributed by atoms with E-state index < -0.39 is 5.60 Å². The standard InChI is InChI=1S/C21H33N7O2.HI/c1-21(2,3)30-20(29)28(16-17-8-6-10-23-14-17)13-7-11-24-19(22-4)25-15-18-9-12-26-27(18)5;/h6,8-10,12,14H,7,11,13,15-16H2,1-5H3,(H2,22,24,25);1H. The minimum Gasteiger partial charge on any atom is -0.444 e. The van der Waals surface area contributed by atoms with Gasteiger partial charge in [0.05, 0.1) is 18.8 Å². The Labute approximate surface area is 201 Å². The maximum Gasteiger partial charge on any atom is 0.410 e. The van der Waals surface area contributed by atoms with E-state index in [1.54, 1.807) is 30.5 Å². The summed E-state index contributed by atoms with van der Waals surface area (Å²) >= 11 is 0. The Bertz CT molecular complexity index is 819. The lowest BCUT2D eigenvalue weighted by atomic mass is 10.2. The van der Waals surface area contributed by atoms with Crippen LogP contribution in [0.3, 0.4) is 0 Å². The van der Waals surface area contributed by atoms with Gasteiger partial charge in [-0.3, -0.25) is 14.7 Å². The van der Waals surface area contributed by atoms with Crippen molar-refractivity contribution in [3.05, 3.63) is 48.0 Å². The Morgan fingerprint density at radius 1 is 1.26 bits per heavy atom. The van der Waals surface area contributed by atoms with Crippen molar-refractivity contribution in [3.63, 3.8) is 0 Å². The number of hydrogen-bond donors (Lipinski definition) is 2. The van der Waals surface area contributed by atoms with E-state index in [4.69, 9.17) is 4.74 Å². The predicted octanol–water partition coefficient (Wildman–Crippen LogP) is 2.93. The van der Waals surface area contributed by atoms with E-state index in [2.05, 4.69) is 25.7 Å². The number of aromatic nitrogens is 3. The quantitative estimate of drug-likeness (QED) is 0.230. The topological polar surface area (TPSA) is 96.7 Å². The highest BCUT2D eigenvalue weighted by Crippen LogP contribution is 2.12. The van der Waals surface area contributed by atoms with Gasteiger partial charge in [-0.2, -0.15) is 5.10 Å². The lowest BCUT2D eigenvalue weighted by Gasteiger charge is -2.27. The molecule has 0 radical (unpaired) electrons. The summed E-state index contributed by atoms with van der Waals surface area (Å²) in [7, 11) is 3.63. The number of aryl methyl sites for hydroxylation is 1. The third kappa shape index (κ3) is 9.99. The average Bonchev–Trinajstić information content (AvgIpc) is 3.10. The molecule has 0 atom stereocenters. The van der Waals surface area contributed by atoms with Crippen molar-refractivity contribution < 1.29 is 9.53 Å². The zero-order valence-corrected chi connectivity index (χ0v) is 21.3. The molecule has 9 nitrogen and oxygen atoms in total. The molecule has 172 valence electrons. The molecule has 0 saturated carbocycles. The predicted molar refractivity (Wildman–Crippen MR) is 132 cm³/mol. The number of pyridine rings is 1. The fourth-order valence-corrected chi connectivity index (χ4v) is 2.72. The number of nitrogens with zero attached hydrogens (tertiary/aromatic N) is 5. The zero-order valence-electron chi connectivity index (χ0n) is 19.0. The van der Waals surface area contributed by atoms with Crippen LogP contribution in [0.2, 0.25) is 0 Å². The Morgan fingerprint density at radius 3 is 2.61 bits per heavy atom. The molecular weight excluding hydrogens is 509 g/mol. The fourth-order valence-electron chi connectivity index (χ4n) is 2.72. The lowest BCUT2D eigenvalue weighted by Crippen LogP contribution is -2.40. The highest BCUT2D eigenvalue weighted by atomic mass is 127. The van der Waals surface area contributed by atoms with E-state index in [-0.39, 0.29) is 30.1 Å². The van der Waals surface area contributed by atoms with Gasteiger partial charge >= 0.3 is 6.09 Å². The summed E-state index contributed by atoms with van der Waals surface area (Å²) in [5, 5.41) is 10.7. The third-order valence-corrected chi connectivity index (χ3v) is 4.23. The van der Waals surface area contributed by atoms with Crippen molar-refractivity contribution in [2.24, 2.45) is 12.0 Å². The van der Waals surface area contributed by atoms with Crippen LogP contribution in [0.1, 0.15) is 38.4 Å². The number of carbonyl (C=O) groups is 1. The highest BCUT2D eigenvalue weighted by molar-refractivity contribution is 14.0. The van der Waals surface area contributed by atoms with Crippen LogP contribution in [0.15, 0.2) is 41.8 Å². The number of carbonyl (C=O) groups excluding carboxylic acids is 1. The maximum absolute atomic E-state index is 12.6. The van der Waals surface area contributed by atoms with Crippen LogP contribution in [0.4, 0.5) is 4.79 Å². The second-order valence-electron chi connectivity index (χ2n) is 7.92. The summed E-state index contributed by atoms with van der Waals surface area (Å²) in [5.74, 6) is 0.701. The molecular formula is C21H34IN7O2. The normalized spacial score (nSPS) is 11.5. The van der Waals surface area contributed by atoms with E-state index in [0.29, 0.717) is 32.1 Å². The highest BCUT2D eigenvalue weighted by Gasteiger charge is 2.22. The molecule has 2 heterocycles. The smallest absolute Gasteiger partial charge is 0.410 e. The van der Waals surface area contributed by atoms with Gasteiger partial charge in [0.1, 0.15) is 5.60 Å². The zero-order chi connectivity index (χ0) is 22.0. The molecule has 2 N–H and O–H groups in total. The van der Waals surface area contributed by atoms with Gasteiger partial charge in [-0.15, -0.1) is 24.0 Å². The monoisotopic (exact) mass is 543 g/mol. The molecule has 0 saturated heterocycles. The van der Waals surface area contributed by atoms with E-state index in [1.165, 1.54) is 0 Å². The third-order valence-electron chi connectivity index (χ3n) is 4.23. The number of nitrogens with one attached hydrogen (secondary N) is 2. The van der Waals surface area contributed by atoms with Crippen molar-refractivity contribution in [3.8, 4) is 0 Å². The van der Waals surface area contributed by atoms with Gasteiger partial charge in [0, 0.05) is 45.8 Å². The van der Waals surface area contributed by atoms with Crippen LogP contribution in [0.25, 0.3) is 0 Å². The maximum atomic E-state index is 12.6. The minimum atomic E-state index is -0.541. The first-order chi connectivity index (χ1) is 14.3. The van der Waals surface area contributed by atoms with Gasteiger partial charge in [-0.1, -0.05) is 6.07 Å². The van der Waals surface area contributed by atoms with Gasteiger partial charge in [-0.05, 0) is 44.9 Å². The van der Waals surface area contributed by atoms with Crippen LogP contribution < -0.4 is 10.6 Å². The lowest BCUT2D eigenvalue weighted by molar-refractivity contribution is 0.0232. The first-order valence-corrected chi connectivity index (χ1v) is 10.1. The molecule has 0 aromatic carbocycles. The number of aliphatic imine (C=N–C) groups is 1. The second-order valence-corrected chi connectivity index (χ2v) is 7.92. The van der Waals surface area contributed by atoms with Crippen LogP contribution in [-0.4, -0.2) is 57.5 Å². The molecule has 0 aliphatic heterocycles. The molecule has 0 aliphatic carbocycles. The fraction of sp³-hybridized carbons (Fsp3) is 0.524. The van der Waals surface area contributed by atoms with E-state index in [1.807, 2.05) is 50.7 Å². The largest absolute Gasteiger partial charge is 0.444 e. The number of rotatable bonds is 8. The first-order valence-electron chi connectivity index (χ1n) is 10.1. The number of ether oxygens (including phenoxy) is 1. The first kappa shape index (κ1) is 26.7. The van der Waals surface area contributed by atoms with Gasteiger partial charge in [-0.25, -0.2) is 4.79 Å². The Balaban J connectivity index is 0.00000480. The van der Waals surface area contributed by atoms with Gasteiger partial charge < -0.3 is 20.3 Å². The molecule has 0 fully saturated rings. The molecule has 2 aromatic rings. The molecule has 31 heavy (non-hydrogen) atoms. The second kappa shape index (κ2) is 13.1. The summed E-state index contributed by atoms with van der Waals surface area (Å²) in [5.41, 5.74) is 1.48. The number of guanidine groups is 1. The van der Waals surface area contributed by atoms with E-state index in [9.17, 15) is 4.79 Å². The van der Waals surface area contributed by atoms with Gasteiger partial charge in [0.25, 0.3) is 0 Å². The average molecular weight is 543 g/mol. The summed E-state index contributed by atoms with van der Waals surface area (Å²) < 4.78 is 7.38. The molecule has 2 aromatic heterocycles. The Hall–Kier alpha value is -2.37. The van der Waals surface area contributed by atoms with Crippen LogP contribution in [-0.2, 0) is 24.9 Å².